The number of carbonyl (C=O) groups is 1. The number of aliphatic carboxylic acids is 1. The summed E-state index contributed by atoms with van der Waals surface area (Å²) in [6.07, 6.45) is 19.4. The molecule has 0 saturated carbocycles. The molecule has 7 heteroatoms. The number of hydrogen-bond donors (Lipinski definition) is 2. The summed E-state index contributed by atoms with van der Waals surface area (Å²) < 4.78 is 37.2. The lowest BCUT2D eigenvalue weighted by molar-refractivity contribution is -0.192. The minimum atomic E-state index is -5.08. The quantitative estimate of drug-likeness (QED) is 0.133. The largest absolute Gasteiger partial charge is 0.490 e. The van der Waals surface area contributed by atoms with E-state index in [1.54, 1.807) is 0 Å². The number of halogens is 3. The van der Waals surface area contributed by atoms with Gasteiger partial charge in [0.1, 0.15) is 6.23 Å². The van der Waals surface area contributed by atoms with Gasteiger partial charge in [0, 0.05) is 6.61 Å². The molecule has 4 nitrogen and oxygen atoms in total. The molecule has 1 unspecified atom stereocenters. The Morgan fingerprint density at radius 3 is 1.67 bits per heavy atom. The van der Waals surface area contributed by atoms with Crippen molar-refractivity contribution < 1.29 is 27.8 Å². The Morgan fingerprint density at radius 1 is 0.867 bits per heavy atom. The zero-order valence-electron chi connectivity index (χ0n) is 19.0. The van der Waals surface area contributed by atoms with Crippen LogP contribution in [-0.2, 0) is 9.53 Å². The molecular formula is C23H44F3NO3. The average molecular weight is 440 g/mol. The van der Waals surface area contributed by atoms with Crippen LogP contribution in [0.15, 0.2) is 12.2 Å². The van der Waals surface area contributed by atoms with Gasteiger partial charge in [0.2, 0.25) is 0 Å². The van der Waals surface area contributed by atoms with Crippen LogP contribution in [0.2, 0.25) is 0 Å². The van der Waals surface area contributed by atoms with Crippen molar-refractivity contribution in [3.8, 4) is 0 Å². The Kier molecular flexibility index (Phi) is 23.4. The summed E-state index contributed by atoms with van der Waals surface area (Å²) in [6.45, 7) is 5.17. The number of allylic oxidation sites excluding steroid dienone is 2. The van der Waals surface area contributed by atoms with Gasteiger partial charge in [-0.25, -0.2) is 4.79 Å². The number of hydrogen-bond acceptors (Lipinski definition) is 3. The summed E-state index contributed by atoms with van der Waals surface area (Å²) in [7, 11) is 0. The second-order valence-electron chi connectivity index (χ2n) is 7.56. The van der Waals surface area contributed by atoms with Gasteiger partial charge in [-0.2, -0.15) is 13.2 Å². The van der Waals surface area contributed by atoms with Crippen LogP contribution in [0.3, 0.4) is 0 Å². The minimum Gasteiger partial charge on any atom is -0.475 e. The molecule has 0 spiro atoms. The van der Waals surface area contributed by atoms with Gasteiger partial charge >= 0.3 is 12.1 Å². The number of nitrogens with two attached hydrogens (primary N) is 1. The van der Waals surface area contributed by atoms with Gasteiger partial charge in [0.05, 0.1) is 0 Å². The summed E-state index contributed by atoms with van der Waals surface area (Å²) in [5.74, 6) is -2.76. The predicted octanol–water partition coefficient (Wildman–Crippen LogP) is 7.37. The Bertz CT molecular complexity index is 402. The Hall–Kier alpha value is -1.08. The van der Waals surface area contributed by atoms with Crippen LogP contribution >= 0.6 is 0 Å². The van der Waals surface area contributed by atoms with Gasteiger partial charge in [-0.05, 0) is 38.5 Å². The average Bonchev–Trinajstić information content (AvgIpc) is 2.69. The molecule has 0 aliphatic carbocycles. The van der Waals surface area contributed by atoms with E-state index in [4.69, 9.17) is 20.4 Å². The first-order valence-corrected chi connectivity index (χ1v) is 11.6. The van der Waals surface area contributed by atoms with Gasteiger partial charge in [-0.1, -0.05) is 83.8 Å². The summed E-state index contributed by atoms with van der Waals surface area (Å²) in [5, 5.41) is 7.12. The molecule has 0 radical (unpaired) electrons. The smallest absolute Gasteiger partial charge is 0.475 e. The van der Waals surface area contributed by atoms with E-state index >= 15 is 0 Å². The molecule has 0 saturated heterocycles. The van der Waals surface area contributed by atoms with Crippen molar-refractivity contribution in [2.75, 3.05) is 6.61 Å². The van der Waals surface area contributed by atoms with E-state index in [1.165, 1.54) is 83.5 Å². The molecule has 0 aromatic heterocycles. The monoisotopic (exact) mass is 439 g/mol. The highest BCUT2D eigenvalue weighted by Crippen LogP contribution is 2.13. The standard InChI is InChI=1S/C21H43NO.C2HF3O2/c1-3-5-6-7-8-9-10-11-12-13-14-15-16-17-18-19-20-23-21(22)4-2;3-2(4,5)1(6)7/h11-12,21H,3-10,13-20,22H2,1-2H3;(H,6,7). The van der Waals surface area contributed by atoms with Crippen molar-refractivity contribution in [3.05, 3.63) is 12.2 Å². The fourth-order valence-electron chi connectivity index (χ4n) is 2.70. The van der Waals surface area contributed by atoms with Gasteiger partial charge in [-0.15, -0.1) is 0 Å². The van der Waals surface area contributed by atoms with Gasteiger partial charge in [0.15, 0.2) is 0 Å². The summed E-state index contributed by atoms with van der Waals surface area (Å²) in [5.41, 5.74) is 5.71. The van der Waals surface area contributed by atoms with Crippen molar-refractivity contribution in [1.29, 1.82) is 0 Å². The van der Waals surface area contributed by atoms with Gasteiger partial charge in [-0.3, -0.25) is 0 Å². The van der Waals surface area contributed by atoms with Crippen LogP contribution < -0.4 is 5.73 Å². The van der Waals surface area contributed by atoms with Crippen molar-refractivity contribution in [2.24, 2.45) is 5.73 Å². The van der Waals surface area contributed by atoms with Gasteiger partial charge in [0.25, 0.3) is 0 Å². The van der Waals surface area contributed by atoms with E-state index in [0.717, 1.165) is 19.4 Å². The third-order valence-corrected chi connectivity index (χ3v) is 4.63. The Labute approximate surface area is 181 Å². The van der Waals surface area contributed by atoms with Crippen molar-refractivity contribution >= 4 is 5.97 Å². The topological polar surface area (TPSA) is 72.5 Å². The van der Waals surface area contributed by atoms with Crippen LogP contribution in [0.5, 0.6) is 0 Å². The second kappa shape index (κ2) is 22.6. The lowest BCUT2D eigenvalue weighted by atomic mass is 10.1. The van der Waals surface area contributed by atoms with E-state index in [9.17, 15) is 13.2 Å². The molecule has 3 N–H and O–H groups in total. The fourth-order valence-corrected chi connectivity index (χ4v) is 2.70. The normalized spacial score (nSPS) is 12.6. The number of carboxylic acids is 1. The van der Waals surface area contributed by atoms with Crippen LogP contribution in [-0.4, -0.2) is 30.1 Å². The van der Waals surface area contributed by atoms with Crippen LogP contribution in [0.25, 0.3) is 0 Å². The minimum absolute atomic E-state index is 0.0573. The second-order valence-corrected chi connectivity index (χ2v) is 7.56. The zero-order valence-corrected chi connectivity index (χ0v) is 19.0. The maximum atomic E-state index is 10.6. The van der Waals surface area contributed by atoms with E-state index in [0.29, 0.717) is 0 Å². The highest BCUT2D eigenvalue weighted by atomic mass is 19.4. The van der Waals surface area contributed by atoms with Crippen LogP contribution in [0, 0.1) is 0 Å². The van der Waals surface area contributed by atoms with Crippen molar-refractivity contribution in [3.63, 3.8) is 0 Å². The van der Waals surface area contributed by atoms with E-state index in [2.05, 4.69) is 26.0 Å². The molecule has 0 aliphatic heterocycles. The SMILES string of the molecule is CCCCCCCCC=CCCCCCCCCOC(N)CC.O=C(O)C(F)(F)F. The number of ether oxygens (including phenoxy) is 1. The van der Waals surface area contributed by atoms with Crippen LogP contribution in [0.1, 0.15) is 110 Å². The van der Waals surface area contributed by atoms with Gasteiger partial charge < -0.3 is 15.6 Å². The maximum absolute atomic E-state index is 10.6. The molecule has 0 fully saturated rings. The molecule has 30 heavy (non-hydrogen) atoms. The molecule has 0 aromatic rings. The first kappa shape index (κ1) is 31.1. The lowest BCUT2D eigenvalue weighted by Gasteiger charge is -2.09. The van der Waals surface area contributed by atoms with Crippen molar-refractivity contribution in [2.45, 2.75) is 123 Å². The molecule has 0 amide bonds. The highest BCUT2D eigenvalue weighted by molar-refractivity contribution is 5.73. The third-order valence-electron chi connectivity index (χ3n) is 4.63. The molecule has 0 aliphatic rings. The van der Waals surface area contributed by atoms with E-state index < -0.39 is 12.1 Å². The number of unbranched alkanes of at least 4 members (excludes halogenated alkanes) is 12. The molecule has 1 atom stereocenters. The summed E-state index contributed by atoms with van der Waals surface area (Å²) in [4.78, 5) is 8.90. The van der Waals surface area contributed by atoms with Crippen molar-refractivity contribution in [1.82, 2.24) is 0 Å². The molecule has 0 heterocycles. The highest BCUT2D eigenvalue weighted by Gasteiger charge is 2.38. The lowest BCUT2D eigenvalue weighted by Crippen LogP contribution is -2.22. The fraction of sp³-hybridized carbons (Fsp3) is 0.870. The third kappa shape index (κ3) is 26.9. The number of rotatable bonds is 18. The Morgan fingerprint density at radius 2 is 1.27 bits per heavy atom. The number of carboxylic acid groups (broad SMARTS) is 1. The molecule has 180 valence electrons. The summed E-state index contributed by atoms with van der Waals surface area (Å²) >= 11 is 0. The summed E-state index contributed by atoms with van der Waals surface area (Å²) in [6, 6.07) is 0. The van der Waals surface area contributed by atoms with E-state index in [1.807, 2.05) is 0 Å². The maximum Gasteiger partial charge on any atom is 0.490 e. The first-order valence-electron chi connectivity index (χ1n) is 11.6. The Balaban J connectivity index is 0. The molecular weight excluding hydrogens is 395 g/mol. The predicted molar refractivity (Wildman–Crippen MR) is 117 cm³/mol. The molecule has 0 bridgehead atoms. The zero-order chi connectivity index (χ0) is 23.1. The molecule has 0 rings (SSSR count). The van der Waals surface area contributed by atoms with Crippen LogP contribution in [0.4, 0.5) is 13.2 Å². The molecule has 0 aromatic carbocycles. The van der Waals surface area contributed by atoms with E-state index in [-0.39, 0.29) is 6.23 Å². The first-order chi connectivity index (χ1) is 14.3. The number of alkyl halides is 3.